The third kappa shape index (κ3) is 6.28. The second-order valence-electron chi connectivity index (χ2n) is 9.96. The predicted molar refractivity (Wildman–Crippen MR) is 142 cm³/mol. The maximum atomic E-state index is 13.7. The van der Waals surface area contributed by atoms with E-state index >= 15 is 0 Å². The van der Waals surface area contributed by atoms with Crippen LogP contribution < -0.4 is 5.32 Å². The van der Waals surface area contributed by atoms with Gasteiger partial charge in [0, 0.05) is 41.8 Å². The van der Waals surface area contributed by atoms with Gasteiger partial charge in [-0.05, 0) is 67.8 Å². The predicted octanol–water partition coefficient (Wildman–Crippen LogP) is 7.38. The number of piperidine rings is 1. The summed E-state index contributed by atoms with van der Waals surface area (Å²) in [5, 5.41) is 13.8. The normalized spacial score (nSPS) is 16.2. The fourth-order valence-corrected chi connectivity index (χ4v) is 5.03. The van der Waals surface area contributed by atoms with Crippen molar-refractivity contribution in [1.29, 1.82) is 0 Å². The van der Waals surface area contributed by atoms with Crippen LogP contribution in [0.5, 0.6) is 0 Å². The van der Waals surface area contributed by atoms with Crippen LogP contribution in [0, 0.1) is 0 Å². The number of nitrogens with one attached hydrogen (secondary N) is 1. The van der Waals surface area contributed by atoms with E-state index in [1.165, 1.54) is 36.5 Å². The van der Waals surface area contributed by atoms with Crippen molar-refractivity contribution in [3.63, 3.8) is 0 Å². The highest BCUT2D eigenvalue weighted by Crippen LogP contribution is 2.38. The molecule has 2 aromatic carbocycles. The Labute approximate surface area is 232 Å². The summed E-state index contributed by atoms with van der Waals surface area (Å²) in [5.41, 5.74) is -0.955. The first-order chi connectivity index (χ1) is 19.4. The lowest BCUT2D eigenvalue weighted by molar-refractivity contribution is -0.138. The summed E-state index contributed by atoms with van der Waals surface area (Å²) in [4.78, 5) is 15.4. The zero-order valence-corrected chi connectivity index (χ0v) is 22.0. The number of likely N-dealkylation sites (tertiary alicyclic amines) is 1. The lowest BCUT2D eigenvalue weighted by Crippen LogP contribution is -2.40. The highest BCUT2D eigenvalue weighted by molar-refractivity contribution is 5.93. The van der Waals surface area contributed by atoms with Crippen molar-refractivity contribution < 1.29 is 31.4 Å². The summed E-state index contributed by atoms with van der Waals surface area (Å²) >= 11 is 0. The van der Waals surface area contributed by atoms with Crippen LogP contribution in [0.25, 0.3) is 22.2 Å². The van der Waals surface area contributed by atoms with Gasteiger partial charge in [-0.15, -0.1) is 0 Å². The molecule has 216 valence electrons. The maximum Gasteiger partial charge on any atom is 0.418 e. The molecule has 0 radical (unpaired) electrons. The number of aliphatic hydroxyl groups is 1. The minimum atomic E-state index is -4.61. The number of benzene rings is 2. The van der Waals surface area contributed by atoms with Gasteiger partial charge >= 0.3 is 12.4 Å². The quantitative estimate of drug-likeness (QED) is 0.234. The lowest BCUT2D eigenvalue weighted by Gasteiger charge is -2.34. The molecule has 41 heavy (non-hydrogen) atoms. The van der Waals surface area contributed by atoms with Gasteiger partial charge in [-0.1, -0.05) is 13.0 Å². The Kier molecular flexibility index (Phi) is 7.89. The number of anilines is 2. The van der Waals surface area contributed by atoms with Gasteiger partial charge in [-0.25, -0.2) is 9.97 Å². The summed E-state index contributed by atoms with van der Waals surface area (Å²) in [6.45, 7) is 3.13. The number of rotatable bonds is 6. The average molecular weight is 576 g/mol. The second kappa shape index (κ2) is 11.2. The summed E-state index contributed by atoms with van der Waals surface area (Å²) < 4.78 is 80.3. The Morgan fingerprint density at radius 2 is 1.66 bits per heavy atom. The van der Waals surface area contributed by atoms with E-state index in [-0.39, 0.29) is 17.2 Å². The molecule has 12 heteroatoms. The van der Waals surface area contributed by atoms with Crippen molar-refractivity contribution in [3.8, 4) is 11.3 Å². The Balaban J connectivity index is 1.56. The Bertz CT molecular complexity index is 1520. The zero-order valence-electron chi connectivity index (χ0n) is 22.0. The van der Waals surface area contributed by atoms with Crippen LogP contribution in [0.2, 0.25) is 0 Å². The lowest BCUT2D eigenvalue weighted by atomic mass is 9.95. The zero-order chi connectivity index (χ0) is 29.4. The van der Waals surface area contributed by atoms with E-state index in [9.17, 15) is 31.4 Å². The monoisotopic (exact) mass is 575 g/mol. The molecule has 4 aromatic rings. The molecule has 1 aliphatic rings. The van der Waals surface area contributed by atoms with E-state index < -0.39 is 29.7 Å². The van der Waals surface area contributed by atoms with Gasteiger partial charge in [0.2, 0.25) is 0 Å². The molecule has 2 aromatic heterocycles. The smallest absolute Gasteiger partial charge is 0.378 e. The van der Waals surface area contributed by atoms with E-state index in [1.54, 1.807) is 6.07 Å². The number of hydrogen-bond donors (Lipinski definition) is 2. The van der Waals surface area contributed by atoms with Crippen LogP contribution in [0.4, 0.5) is 37.8 Å². The van der Waals surface area contributed by atoms with Gasteiger partial charge in [0.25, 0.3) is 0 Å². The largest absolute Gasteiger partial charge is 0.418 e. The second-order valence-corrected chi connectivity index (χ2v) is 9.96. The van der Waals surface area contributed by atoms with Crippen LogP contribution in [0.3, 0.4) is 0 Å². The molecule has 0 saturated carbocycles. The van der Waals surface area contributed by atoms with Gasteiger partial charge in [0.05, 0.1) is 22.3 Å². The highest BCUT2D eigenvalue weighted by atomic mass is 19.4. The van der Waals surface area contributed by atoms with Crippen molar-refractivity contribution >= 4 is 22.4 Å². The summed E-state index contributed by atoms with van der Waals surface area (Å²) in [7, 11) is 0. The standard InChI is InChI=1S/C29H27F6N5O/c1-2-24(41)40-14-11-17(12-15-40)26-38-23-16-18(25-22(29(33,34)35)4-3-13-36-25)5-10-21(23)27(39-26)37-20-8-6-19(7-9-20)28(30,31)32/h3-10,13,16-17,24,41H,2,11-12,14-15H2,1H3,(H,37,38,39). The van der Waals surface area contributed by atoms with Crippen LogP contribution in [-0.2, 0) is 12.4 Å². The third-order valence-electron chi connectivity index (χ3n) is 7.26. The van der Waals surface area contributed by atoms with Crippen molar-refractivity contribution in [2.75, 3.05) is 18.4 Å². The number of aliphatic hydroxyl groups excluding tert-OH is 1. The van der Waals surface area contributed by atoms with Gasteiger partial charge < -0.3 is 10.4 Å². The number of halogens is 6. The molecule has 0 amide bonds. The number of nitrogens with zero attached hydrogens (tertiary/aromatic N) is 4. The fourth-order valence-electron chi connectivity index (χ4n) is 5.03. The SMILES string of the molecule is CCC(O)N1CCC(c2nc(Nc3ccc(C(F)(F)F)cc3)c3ccc(-c4ncccc4C(F)(F)F)cc3n2)CC1. The number of alkyl halides is 6. The Hall–Kier alpha value is -3.77. The van der Waals surface area contributed by atoms with Crippen LogP contribution in [0.1, 0.15) is 49.1 Å². The van der Waals surface area contributed by atoms with Crippen molar-refractivity contribution in [2.24, 2.45) is 0 Å². The van der Waals surface area contributed by atoms with Crippen LogP contribution >= 0.6 is 0 Å². The molecule has 2 N–H and O–H groups in total. The summed E-state index contributed by atoms with van der Waals surface area (Å²) in [5.74, 6) is 0.702. The Morgan fingerprint density at radius 3 is 2.29 bits per heavy atom. The van der Waals surface area contributed by atoms with Gasteiger partial charge in [0.1, 0.15) is 17.9 Å². The fraction of sp³-hybridized carbons (Fsp3) is 0.345. The van der Waals surface area contributed by atoms with E-state index in [0.717, 1.165) is 18.2 Å². The summed E-state index contributed by atoms with van der Waals surface area (Å²) in [6, 6.07) is 11.3. The Morgan fingerprint density at radius 1 is 0.951 bits per heavy atom. The first-order valence-electron chi connectivity index (χ1n) is 13.1. The molecule has 6 nitrogen and oxygen atoms in total. The number of fused-ring (bicyclic) bond motifs is 1. The molecular formula is C29H27F6N5O. The molecule has 5 rings (SSSR count). The van der Waals surface area contributed by atoms with E-state index in [1.807, 2.05) is 11.8 Å². The molecule has 3 heterocycles. The van der Waals surface area contributed by atoms with Crippen molar-refractivity contribution in [2.45, 2.75) is 50.7 Å². The first-order valence-corrected chi connectivity index (χ1v) is 13.1. The van der Waals surface area contributed by atoms with E-state index in [2.05, 4.69) is 10.3 Å². The van der Waals surface area contributed by atoms with Crippen LogP contribution in [0.15, 0.2) is 60.8 Å². The van der Waals surface area contributed by atoms with Crippen LogP contribution in [-0.4, -0.2) is 44.3 Å². The molecule has 1 saturated heterocycles. The minimum absolute atomic E-state index is 0.0860. The number of aromatic nitrogens is 3. The maximum absolute atomic E-state index is 13.7. The molecule has 1 unspecified atom stereocenters. The third-order valence-corrected chi connectivity index (χ3v) is 7.26. The molecule has 0 spiro atoms. The van der Waals surface area contributed by atoms with Crippen molar-refractivity contribution in [3.05, 3.63) is 77.7 Å². The number of pyridine rings is 1. The average Bonchev–Trinajstić information content (AvgIpc) is 2.96. The molecule has 0 bridgehead atoms. The van der Waals surface area contributed by atoms with Gasteiger partial charge in [-0.3, -0.25) is 9.88 Å². The van der Waals surface area contributed by atoms with E-state index in [0.29, 0.717) is 60.6 Å². The molecule has 0 aliphatic carbocycles. The van der Waals surface area contributed by atoms with Crippen molar-refractivity contribution in [1.82, 2.24) is 19.9 Å². The highest BCUT2D eigenvalue weighted by Gasteiger charge is 2.34. The van der Waals surface area contributed by atoms with E-state index in [4.69, 9.17) is 9.97 Å². The molecule has 1 aliphatic heterocycles. The summed E-state index contributed by atoms with van der Waals surface area (Å²) in [6.07, 6.45) is -6.45. The first kappa shape index (κ1) is 28.7. The van der Waals surface area contributed by atoms with Gasteiger partial charge in [-0.2, -0.15) is 26.3 Å². The molecule has 1 atom stereocenters. The number of hydrogen-bond acceptors (Lipinski definition) is 6. The van der Waals surface area contributed by atoms with Gasteiger partial charge in [0.15, 0.2) is 0 Å². The molecule has 1 fully saturated rings. The topological polar surface area (TPSA) is 74.2 Å². The minimum Gasteiger partial charge on any atom is -0.378 e. The molecular weight excluding hydrogens is 548 g/mol.